The van der Waals surface area contributed by atoms with Gasteiger partial charge in [0, 0.05) is 27.8 Å². The fraction of sp³-hybridized carbons (Fsp3) is 0.125. The largest absolute Gasteiger partial charge is 0.326 e. The maximum Gasteiger partial charge on any atom is 0.256 e. The fourth-order valence-corrected chi connectivity index (χ4v) is 2.50. The topological polar surface area (TPSA) is 58.2 Å². The smallest absolute Gasteiger partial charge is 0.256 e. The van der Waals surface area contributed by atoms with Gasteiger partial charge in [-0.05, 0) is 58.7 Å². The first-order valence-electron chi connectivity index (χ1n) is 6.51. The summed E-state index contributed by atoms with van der Waals surface area (Å²) in [7, 11) is 0. The normalized spacial score (nSPS) is 10.2. The molecular formula is C16H14BrClN2O2. The second-order valence-corrected chi connectivity index (χ2v) is 6.08. The average molecular weight is 382 g/mol. The molecule has 2 aromatic rings. The van der Waals surface area contributed by atoms with Gasteiger partial charge in [-0.25, -0.2) is 0 Å². The van der Waals surface area contributed by atoms with E-state index < -0.39 is 0 Å². The molecule has 0 spiro atoms. The lowest BCUT2D eigenvalue weighted by molar-refractivity contribution is -0.114. The van der Waals surface area contributed by atoms with Crippen LogP contribution in [0.15, 0.2) is 40.9 Å². The third-order valence-corrected chi connectivity index (χ3v) is 3.91. The summed E-state index contributed by atoms with van der Waals surface area (Å²) in [6, 6.07) is 10.3. The van der Waals surface area contributed by atoms with Gasteiger partial charge in [-0.1, -0.05) is 17.7 Å². The van der Waals surface area contributed by atoms with Gasteiger partial charge in [-0.2, -0.15) is 0 Å². The van der Waals surface area contributed by atoms with Crippen molar-refractivity contribution in [3.63, 3.8) is 0 Å². The van der Waals surface area contributed by atoms with Gasteiger partial charge < -0.3 is 10.6 Å². The molecule has 0 atom stereocenters. The molecule has 6 heteroatoms. The zero-order chi connectivity index (χ0) is 16.3. The highest BCUT2D eigenvalue weighted by Gasteiger charge is 2.12. The Morgan fingerprint density at radius 2 is 1.82 bits per heavy atom. The summed E-state index contributed by atoms with van der Waals surface area (Å²) in [6.07, 6.45) is 0. The molecule has 0 aliphatic carbocycles. The van der Waals surface area contributed by atoms with E-state index in [2.05, 4.69) is 26.6 Å². The number of hydrogen-bond acceptors (Lipinski definition) is 2. The second-order valence-electron chi connectivity index (χ2n) is 4.79. The number of amides is 2. The van der Waals surface area contributed by atoms with Crippen LogP contribution in [-0.4, -0.2) is 11.8 Å². The molecule has 0 bridgehead atoms. The zero-order valence-electron chi connectivity index (χ0n) is 12.0. The SMILES string of the molecule is CC(=O)Nc1ccc(C)c(NC(=O)c2cc(Cl)ccc2Br)c1. The first kappa shape index (κ1) is 16.5. The van der Waals surface area contributed by atoms with E-state index in [0.717, 1.165) is 5.56 Å². The third-order valence-electron chi connectivity index (χ3n) is 2.98. The monoisotopic (exact) mass is 380 g/mol. The number of nitrogens with one attached hydrogen (secondary N) is 2. The van der Waals surface area contributed by atoms with E-state index in [1.807, 2.05) is 13.0 Å². The molecule has 2 N–H and O–H groups in total. The number of anilines is 2. The lowest BCUT2D eigenvalue weighted by Crippen LogP contribution is -2.14. The Morgan fingerprint density at radius 1 is 1.09 bits per heavy atom. The fourth-order valence-electron chi connectivity index (χ4n) is 1.90. The molecule has 2 rings (SSSR count). The third kappa shape index (κ3) is 4.08. The van der Waals surface area contributed by atoms with Crippen LogP contribution in [0.5, 0.6) is 0 Å². The summed E-state index contributed by atoms with van der Waals surface area (Å²) < 4.78 is 0.657. The molecule has 0 unspecified atom stereocenters. The Balaban J connectivity index is 2.27. The number of aryl methyl sites for hydroxylation is 1. The van der Waals surface area contributed by atoms with Crippen molar-refractivity contribution in [2.45, 2.75) is 13.8 Å². The van der Waals surface area contributed by atoms with E-state index >= 15 is 0 Å². The van der Waals surface area contributed by atoms with Crippen molar-refractivity contribution < 1.29 is 9.59 Å². The average Bonchev–Trinajstić information content (AvgIpc) is 2.44. The molecule has 0 fully saturated rings. The molecule has 0 radical (unpaired) electrons. The first-order valence-corrected chi connectivity index (χ1v) is 7.68. The maximum atomic E-state index is 12.4. The lowest BCUT2D eigenvalue weighted by Gasteiger charge is -2.12. The molecule has 0 saturated heterocycles. The van der Waals surface area contributed by atoms with E-state index in [1.165, 1.54) is 6.92 Å². The summed E-state index contributed by atoms with van der Waals surface area (Å²) in [5.74, 6) is -0.448. The van der Waals surface area contributed by atoms with Crippen molar-refractivity contribution in [3.05, 3.63) is 57.0 Å². The van der Waals surface area contributed by atoms with Gasteiger partial charge in [0.2, 0.25) is 5.91 Å². The predicted molar refractivity (Wildman–Crippen MR) is 92.6 cm³/mol. The van der Waals surface area contributed by atoms with Crippen molar-refractivity contribution in [3.8, 4) is 0 Å². The Morgan fingerprint density at radius 3 is 2.50 bits per heavy atom. The van der Waals surface area contributed by atoms with Crippen LogP contribution < -0.4 is 10.6 Å². The number of rotatable bonds is 3. The molecule has 0 aliphatic heterocycles. The van der Waals surface area contributed by atoms with Gasteiger partial charge in [0.1, 0.15) is 0 Å². The van der Waals surface area contributed by atoms with E-state index in [9.17, 15) is 9.59 Å². The second kappa shape index (κ2) is 6.94. The van der Waals surface area contributed by atoms with Crippen molar-refractivity contribution >= 4 is 50.7 Å². The number of benzene rings is 2. The van der Waals surface area contributed by atoms with Crippen molar-refractivity contribution in [2.24, 2.45) is 0 Å². The maximum absolute atomic E-state index is 12.4. The van der Waals surface area contributed by atoms with Crippen LogP contribution in [0.1, 0.15) is 22.8 Å². The molecule has 2 aromatic carbocycles. The van der Waals surface area contributed by atoms with Crippen molar-refractivity contribution in [2.75, 3.05) is 10.6 Å². The summed E-state index contributed by atoms with van der Waals surface area (Å²) in [5, 5.41) is 6.00. The van der Waals surface area contributed by atoms with Gasteiger partial charge in [0.25, 0.3) is 5.91 Å². The highest BCUT2D eigenvalue weighted by atomic mass is 79.9. The Hall–Kier alpha value is -1.85. The van der Waals surface area contributed by atoms with Gasteiger partial charge in [0.05, 0.1) is 5.56 Å². The number of hydrogen-bond donors (Lipinski definition) is 2. The molecule has 0 aromatic heterocycles. The van der Waals surface area contributed by atoms with Gasteiger partial charge in [0.15, 0.2) is 0 Å². The number of carbonyl (C=O) groups excluding carboxylic acids is 2. The number of carbonyl (C=O) groups is 2. The van der Waals surface area contributed by atoms with Crippen molar-refractivity contribution in [1.82, 2.24) is 0 Å². The van der Waals surface area contributed by atoms with Gasteiger partial charge >= 0.3 is 0 Å². The minimum Gasteiger partial charge on any atom is -0.326 e. The highest BCUT2D eigenvalue weighted by Crippen LogP contribution is 2.25. The highest BCUT2D eigenvalue weighted by molar-refractivity contribution is 9.10. The number of halogens is 2. The molecule has 114 valence electrons. The van der Waals surface area contributed by atoms with Crippen LogP contribution in [0.25, 0.3) is 0 Å². The standard InChI is InChI=1S/C16H14BrClN2O2/c1-9-3-5-12(19-10(2)21)8-15(9)20-16(22)13-7-11(18)4-6-14(13)17/h3-8H,1-2H3,(H,19,21)(H,20,22). The van der Waals surface area contributed by atoms with Crippen molar-refractivity contribution in [1.29, 1.82) is 0 Å². The summed E-state index contributed by atoms with van der Waals surface area (Å²) in [6.45, 7) is 3.31. The van der Waals surface area contributed by atoms with Gasteiger partial charge in [-0.3, -0.25) is 9.59 Å². The molecule has 4 nitrogen and oxygen atoms in total. The molecular weight excluding hydrogens is 368 g/mol. The van der Waals surface area contributed by atoms with E-state index in [-0.39, 0.29) is 11.8 Å². The van der Waals surface area contributed by atoms with E-state index in [1.54, 1.807) is 30.3 Å². The van der Waals surface area contributed by atoms with Gasteiger partial charge in [-0.15, -0.1) is 0 Å². The summed E-state index contributed by atoms with van der Waals surface area (Å²) in [5.41, 5.74) is 2.58. The van der Waals surface area contributed by atoms with Crippen LogP contribution in [-0.2, 0) is 4.79 Å². The molecule has 2 amide bonds. The predicted octanol–water partition coefficient (Wildman–Crippen LogP) is 4.62. The summed E-state index contributed by atoms with van der Waals surface area (Å²) in [4.78, 5) is 23.5. The Labute approximate surface area is 142 Å². The Bertz CT molecular complexity index is 747. The molecule has 0 saturated carbocycles. The molecule has 22 heavy (non-hydrogen) atoms. The van der Waals surface area contributed by atoms with Crippen LogP contribution in [0.4, 0.5) is 11.4 Å². The van der Waals surface area contributed by atoms with E-state index in [0.29, 0.717) is 26.4 Å². The molecule has 0 aliphatic rings. The van der Waals surface area contributed by atoms with Crippen LogP contribution >= 0.6 is 27.5 Å². The van der Waals surface area contributed by atoms with Crippen LogP contribution in [0.3, 0.4) is 0 Å². The minimum absolute atomic E-state index is 0.168. The quantitative estimate of drug-likeness (QED) is 0.815. The van der Waals surface area contributed by atoms with Crippen LogP contribution in [0.2, 0.25) is 5.02 Å². The lowest BCUT2D eigenvalue weighted by atomic mass is 10.1. The first-order chi connectivity index (χ1) is 10.4. The molecule has 0 heterocycles. The Kier molecular flexibility index (Phi) is 5.21. The van der Waals surface area contributed by atoms with Crippen LogP contribution in [0, 0.1) is 6.92 Å². The summed E-state index contributed by atoms with van der Waals surface area (Å²) >= 11 is 9.26. The van der Waals surface area contributed by atoms with E-state index in [4.69, 9.17) is 11.6 Å². The zero-order valence-corrected chi connectivity index (χ0v) is 14.4. The minimum atomic E-state index is -0.280.